The first kappa shape index (κ1) is 17.2. The number of unbranched alkanes of at least 4 members (excludes halogenated alkanes) is 2. The van der Waals surface area contributed by atoms with Gasteiger partial charge in [0, 0.05) is 6.20 Å². The molecule has 5 nitrogen and oxygen atoms in total. The van der Waals surface area contributed by atoms with E-state index < -0.39 is 0 Å². The van der Waals surface area contributed by atoms with Crippen molar-refractivity contribution in [2.75, 3.05) is 13.1 Å². The summed E-state index contributed by atoms with van der Waals surface area (Å²) in [4.78, 5) is 8.00. The normalized spacial score (nSPS) is 8.38. The molecule has 0 unspecified atom stereocenters. The second-order valence-corrected chi connectivity index (χ2v) is 3.12. The lowest BCUT2D eigenvalue weighted by atomic mass is 10.3. The molecule has 1 rings (SSSR count). The van der Waals surface area contributed by atoms with E-state index in [9.17, 15) is 0 Å². The molecule has 1 heterocycles. The summed E-state index contributed by atoms with van der Waals surface area (Å²) in [7, 11) is 0. The van der Waals surface area contributed by atoms with Crippen LogP contribution in [0.2, 0.25) is 0 Å². The Labute approximate surface area is 98.0 Å². The van der Waals surface area contributed by atoms with Gasteiger partial charge in [-0.25, -0.2) is 0 Å². The maximum atomic E-state index is 8.00. The van der Waals surface area contributed by atoms with Crippen molar-refractivity contribution in [2.24, 2.45) is 0 Å². The summed E-state index contributed by atoms with van der Waals surface area (Å²) >= 11 is 0. The van der Waals surface area contributed by atoms with Gasteiger partial charge >= 0.3 is 0 Å². The quantitative estimate of drug-likeness (QED) is 0.728. The fraction of sp³-hybridized carbons (Fsp3) is 0.727. The van der Waals surface area contributed by atoms with Crippen molar-refractivity contribution in [1.82, 2.24) is 20.7 Å². The molecule has 1 aromatic rings. The Morgan fingerprint density at radius 1 is 1.19 bits per heavy atom. The van der Waals surface area contributed by atoms with Gasteiger partial charge in [0.15, 0.2) is 0 Å². The first-order valence-electron chi connectivity index (χ1n) is 5.71. The molecule has 1 aromatic heterocycles. The number of H-pyrrole nitrogens is 1. The molecular formula is C11H24N4O. The first-order valence-corrected chi connectivity index (χ1v) is 5.71. The lowest BCUT2D eigenvalue weighted by molar-refractivity contribution is -0.0979. The zero-order chi connectivity index (χ0) is 12.5. The lowest BCUT2D eigenvalue weighted by Crippen LogP contribution is -2.15. The van der Waals surface area contributed by atoms with Gasteiger partial charge in [0.05, 0.1) is 6.20 Å². The predicted octanol–water partition coefficient (Wildman–Crippen LogP) is 1.80. The molecule has 5 heteroatoms. The molecule has 0 spiro atoms. The Bertz CT molecular complexity index is 157. The SMILES string of the molecule is C=O.CCCCNCCCC.c1c[nH]nn1. The van der Waals surface area contributed by atoms with Crippen LogP contribution in [0.3, 0.4) is 0 Å². The van der Waals surface area contributed by atoms with E-state index in [0.29, 0.717) is 0 Å². The summed E-state index contributed by atoms with van der Waals surface area (Å²) in [5, 5.41) is 12.7. The average molecular weight is 228 g/mol. The molecule has 0 aliphatic carbocycles. The smallest absolute Gasteiger partial charge is 0.106 e. The highest BCUT2D eigenvalue weighted by Crippen LogP contribution is 1.85. The van der Waals surface area contributed by atoms with Gasteiger partial charge in [0.2, 0.25) is 0 Å². The molecule has 0 aliphatic rings. The van der Waals surface area contributed by atoms with Crippen molar-refractivity contribution in [2.45, 2.75) is 39.5 Å². The van der Waals surface area contributed by atoms with Crippen LogP contribution in [0.4, 0.5) is 0 Å². The molecule has 16 heavy (non-hydrogen) atoms. The highest BCUT2D eigenvalue weighted by atomic mass is 16.1. The highest BCUT2D eigenvalue weighted by molar-refractivity contribution is 5.10. The molecule has 94 valence electrons. The zero-order valence-electron chi connectivity index (χ0n) is 10.4. The summed E-state index contributed by atoms with van der Waals surface area (Å²) in [6.45, 7) is 8.86. The van der Waals surface area contributed by atoms with Crippen molar-refractivity contribution >= 4 is 6.79 Å². The summed E-state index contributed by atoms with van der Waals surface area (Å²) < 4.78 is 0. The molecule has 0 atom stereocenters. The Balaban J connectivity index is 0. The summed E-state index contributed by atoms with van der Waals surface area (Å²) in [6.07, 6.45) is 8.49. The van der Waals surface area contributed by atoms with Gasteiger partial charge in [0.25, 0.3) is 0 Å². The van der Waals surface area contributed by atoms with Gasteiger partial charge in [-0.15, -0.1) is 5.10 Å². The van der Waals surface area contributed by atoms with Crippen molar-refractivity contribution in [3.8, 4) is 0 Å². The van der Waals surface area contributed by atoms with E-state index in [4.69, 9.17) is 4.79 Å². The van der Waals surface area contributed by atoms with Crippen LogP contribution in [-0.4, -0.2) is 35.3 Å². The number of carbonyl (C=O) groups excluding carboxylic acids is 1. The van der Waals surface area contributed by atoms with E-state index in [2.05, 4.69) is 34.6 Å². The Morgan fingerprint density at radius 2 is 1.75 bits per heavy atom. The monoisotopic (exact) mass is 228 g/mol. The minimum atomic E-state index is 1.20. The van der Waals surface area contributed by atoms with Crippen LogP contribution in [0, 0.1) is 0 Å². The molecule has 0 saturated heterocycles. The summed E-state index contributed by atoms with van der Waals surface area (Å²) in [5.41, 5.74) is 0. The average Bonchev–Trinajstić information content (AvgIpc) is 2.90. The van der Waals surface area contributed by atoms with Crippen LogP contribution in [-0.2, 0) is 4.79 Å². The minimum absolute atomic E-state index is 1.20. The number of aromatic nitrogens is 3. The fourth-order valence-electron chi connectivity index (χ4n) is 0.895. The van der Waals surface area contributed by atoms with Crippen molar-refractivity contribution < 1.29 is 4.79 Å². The number of nitrogens with zero attached hydrogens (tertiary/aromatic N) is 2. The van der Waals surface area contributed by atoms with E-state index in [1.165, 1.54) is 38.8 Å². The van der Waals surface area contributed by atoms with Gasteiger partial charge in [-0.2, -0.15) is 0 Å². The third-order valence-electron chi connectivity index (χ3n) is 1.75. The van der Waals surface area contributed by atoms with Crippen LogP contribution in [0.5, 0.6) is 0 Å². The zero-order valence-corrected chi connectivity index (χ0v) is 10.4. The van der Waals surface area contributed by atoms with E-state index >= 15 is 0 Å². The Kier molecular flexibility index (Phi) is 20.8. The molecule has 0 radical (unpaired) electrons. The van der Waals surface area contributed by atoms with Crippen molar-refractivity contribution in [1.29, 1.82) is 0 Å². The number of nitrogens with one attached hydrogen (secondary N) is 2. The predicted molar refractivity (Wildman–Crippen MR) is 66.2 cm³/mol. The third-order valence-corrected chi connectivity index (χ3v) is 1.75. The van der Waals surface area contributed by atoms with Gasteiger partial charge < -0.3 is 10.1 Å². The lowest BCUT2D eigenvalue weighted by Gasteiger charge is -1.99. The van der Waals surface area contributed by atoms with Crippen LogP contribution >= 0.6 is 0 Å². The maximum Gasteiger partial charge on any atom is 0.106 e. The van der Waals surface area contributed by atoms with Gasteiger partial charge in [0.1, 0.15) is 6.79 Å². The van der Waals surface area contributed by atoms with Crippen molar-refractivity contribution in [3.05, 3.63) is 12.4 Å². The fourth-order valence-corrected chi connectivity index (χ4v) is 0.895. The van der Waals surface area contributed by atoms with Gasteiger partial charge in [-0.3, -0.25) is 5.10 Å². The standard InChI is InChI=1S/C8H19N.C2H3N3.CH2O/c1-3-5-7-9-8-6-4-2;1-2-4-5-3-1;1-2/h9H,3-8H2,1-2H3;1-2H,(H,3,4,5);1H2. The molecule has 0 fully saturated rings. The number of carbonyl (C=O) groups is 1. The van der Waals surface area contributed by atoms with E-state index in [-0.39, 0.29) is 0 Å². The van der Waals surface area contributed by atoms with E-state index in [1.807, 2.05) is 6.79 Å². The Morgan fingerprint density at radius 3 is 2.00 bits per heavy atom. The first-order chi connectivity index (χ1) is 7.91. The highest BCUT2D eigenvalue weighted by Gasteiger charge is 1.83. The minimum Gasteiger partial charge on any atom is -0.317 e. The molecule has 0 aromatic carbocycles. The Hall–Kier alpha value is -1.23. The molecule has 2 N–H and O–H groups in total. The molecule has 0 amide bonds. The molecule has 0 aliphatic heterocycles. The van der Waals surface area contributed by atoms with E-state index in [0.717, 1.165) is 0 Å². The molecular weight excluding hydrogens is 204 g/mol. The van der Waals surface area contributed by atoms with Crippen LogP contribution in [0.25, 0.3) is 0 Å². The second kappa shape index (κ2) is 19.4. The second-order valence-electron chi connectivity index (χ2n) is 3.12. The van der Waals surface area contributed by atoms with Gasteiger partial charge in [-0.1, -0.05) is 31.9 Å². The van der Waals surface area contributed by atoms with Gasteiger partial charge in [-0.05, 0) is 25.9 Å². The maximum absolute atomic E-state index is 8.00. The largest absolute Gasteiger partial charge is 0.317 e. The summed E-state index contributed by atoms with van der Waals surface area (Å²) in [6, 6.07) is 0. The number of aromatic amines is 1. The number of rotatable bonds is 6. The van der Waals surface area contributed by atoms with Crippen LogP contribution in [0.1, 0.15) is 39.5 Å². The van der Waals surface area contributed by atoms with Crippen LogP contribution < -0.4 is 5.32 Å². The van der Waals surface area contributed by atoms with Crippen molar-refractivity contribution in [3.63, 3.8) is 0 Å². The number of hydrogen-bond donors (Lipinski definition) is 2. The molecule has 0 saturated carbocycles. The third kappa shape index (κ3) is 18.5. The topological polar surface area (TPSA) is 70.7 Å². The van der Waals surface area contributed by atoms with E-state index in [1.54, 1.807) is 12.4 Å². The summed E-state index contributed by atoms with van der Waals surface area (Å²) in [5.74, 6) is 0. The van der Waals surface area contributed by atoms with Crippen LogP contribution in [0.15, 0.2) is 12.4 Å². The number of hydrogen-bond acceptors (Lipinski definition) is 4. The molecule has 0 bridgehead atoms.